The molecule has 0 aliphatic rings. The first-order valence-electron chi connectivity index (χ1n) is 5.76. The summed E-state index contributed by atoms with van der Waals surface area (Å²) in [5.41, 5.74) is 0.739. The van der Waals surface area contributed by atoms with E-state index in [1.54, 1.807) is 16.9 Å². The van der Waals surface area contributed by atoms with Crippen molar-refractivity contribution in [2.75, 3.05) is 5.75 Å². The summed E-state index contributed by atoms with van der Waals surface area (Å²) in [5.74, 6) is -0.226. The van der Waals surface area contributed by atoms with Crippen molar-refractivity contribution < 1.29 is 14.3 Å². The molecule has 0 spiro atoms. The summed E-state index contributed by atoms with van der Waals surface area (Å²) in [7, 11) is 0. The third-order valence-electron chi connectivity index (χ3n) is 2.20. The number of thioether (sulfide) groups is 1. The summed E-state index contributed by atoms with van der Waals surface area (Å²) in [6.45, 7) is 4.93. The highest BCUT2D eigenvalue weighted by atomic mass is 32.2. The zero-order valence-electron chi connectivity index (χ0n) is 10.6. The van der Waals surface area contributed by atoms with Crippen LogP contribution in [0.5, 0.6) is 0 Å². The standard InChI is InChI=1S/C11H14N4O3S/c1-7(2)5-15-8(3-4-12-15)10-13-14-11(18-10)19-6-9(16)17/h3-4,7H,5-6H2,1-2H3,(H,16,17). The Hall–Kier alpha value is -1.83. The van der Waals surface area contributed by atoms with Crippen LogP contribution in [0.25, 0.3) is 11.6 Å². The zero-order valence-corrected chi connectivity index (χ0v) is 11.4. The van der Waals surface area contributed by atoms with Crippen LogP contribution in [0, 0.1) is 5.92 Å². The zero-order chi connectivity index (χ0) is 13.8. The van der Waals surface area contributed by atoms with Crippen LogP contribution in [-0.4, -0.2) is 36.8 Å². The quantitative estimate of drug-likeness (QED) is 0.807. The number of rotatable bonds is 6. The van der Waals surface area contributed by atoms with E-state index in [-0.39, 0.29) is 11.0 Å². The molecule has 2 aromatic heterocycles. The largest absolute Gasteiger partial charge is 0.481 e. The van der Waals surface area contributed by atoms with Gasteiger partial charge in [-0.15, -0.1) is 10.2 Å². The predicted molar refractivity (Wildman–Crippen MR) is 68.7 cm³/mol. The Morgan fingerprint density at radius 1 is 1.53 bits per heavy atom. The lowest BCUT2D eigenvalue weighted by Gasteiger charge is -2.06. The van der Waals surface area contributed by atoms with Crippen LogP contribution in [0.15, 0.2) is 21.9 Å². The lowest BCUT2D eigenvalue weighted by molar-refractivity contribution is -0.133. The molecule has 8 heteroatoms. The molecule has 2 rings (SSSR count). The van der Waals surface area contributed by atoms with Crippen molar-refractivity contribution >= 4 is 17.7 Å². The fourth-order valence-electron chi connectivity index (χ4n) is 1.50. The highest BCUT2D eigenvalue weighted by Gasteiger charge is 2.15. The molecule has 0 aromatic carbocycles. The fourth-order valence-corrected chi connectivity index (χ4v) is 1.98. The Morgan fingerprint density at radius 3 is 3.00 bits per heavy atom. The second-order valence-corrected chi connectivity index (χ2v) is 5.27. The van der Waals surface area contributed by atoms with E-state index in [0.717, 1.165) is 24.0 Å². The van der Waals surface area contributed by atoms with E-state index in [2.05, 4.69) is 29.1 Å². The van der Waals surface area contributed by atoms with Gasteiger partial charge in [-0.3, -0.25) is 9.48 Å². The summed E-state index contributed by atoms with van der Waals surface area (Å²) in [6, 6.07) is 1.79. The Bertz CT molecular complexity index is 564. The van der Waals surface area contributed by atoms with Gasteiger partial charge in [0.25, 0.3) is 11.1 Å². The lowest BCUT2D eigenvalue weighted by atomic mass is 10.2. The third-order valence-corrected chi connectivity index (χ3v) is 3.00. The summed E-state index contributed by atoms with van der Waals surface area (Å²) >= 11 is 0.997. The Balaban J connectivity index is 2.14. The van der Waals surface area contributed by atoms with Crippen molar-refractivity contribution in [3.05, 3.63) is 12.3 Å². The molecule has 0 saturated heterocycles. The molecule has 2 aromatic rings. The minimum atomic E-state index is -0.922. The number of hydrogen-bond donors (Lipinski definition) is 1. The number of nitrogens with zero attached hydrogens (tertiary/aromatic N) is 4. The van der Waals surface area contributed by atoms with Gasteiger partial charge < -0.3 is 9.52 Å². The van der Waals surface area contributed by atoms with E-state index in [1.807, 2.05) is 0 Å². The van der Waals surface area contributed by atoms with E-state index < -0.39 is 5.97 Å². The molecule has 0 radical (unpaired) electrons. The van der Waals surface area contributed by atoms with Gasteiger partial charge in [0.2, 0.25) is 0 Å². The second-order valence-electron chi connectivity index (χ2n) is 4.35. The van der Waals surface area contributed by atoms with Crippen molar-refractivity contribution in [3.63, 3.8) is 0 Å². The molecule has 0 saturated carbocycles. The van der Waals surface area contributed by atoms with Crippen molar-refractivity contribution in [2.24, 2.45) is 5.92 Å². The number of aromatic nitrogens is 4. The van der Waals surface area contributed by atoms with Crippen molar-refractivity contribution in [3.8, 4) is 11.6 Å². The van der Waals surface area contributed by atoms with Crippen LogP contribution in [0.1, 0.15) is 13.8 Å². The van der Waals surface area contributed by atoms with E-state index in [1.165, 1.54) is 0 Å². The highest BCUT2D eigenvalue weighted by Crippen LogP contribution is 2.23. The van der Waals surface area contributed by atoms with E-state index in [0.29, 0.717) is 11.8 Å². The smallest absolute Gasteiger partial charge is 0.314 e. The predicted octanol–water partition coefficient (Wildman–Crippen LogP) is 1.77. The van der Waals surface area contributed by atoms with Crippen LogP contribution in [0.2, 0.25) is 0 Å². The SMILES string of the molecule is CC(C)Cn1nccc1-c1nnc(SCC(=O)O)o1. The van der Waals surface area contributed by atoms with Crippen LogP contribution >= 0.6 is 11.8 Å². The maximum absolute atomic E-state index is 10.5. The normalized spacial score (nSPS) is 11.1. The third kappa shape index (κ3) is 3.57. The molecule has 0 aliphatic carbocycles. The molecule has 102 valence electrons. The lowest BCUT2D eigenvalue weighted by Crippen LogP contribution is -2.07. The molecule has 0 atom stereocenters. The topological polar surface area (TPSA) is 94.0 Å². The molecule has 2 heterocycles. The average molecular weight is 282 g/mol. The van der Waals surface area contributed by atoms with Crippen LogP contribution < -0.4 is 0 Å². The summed E-state index contributed by atoms with van der Waals surface area (Å²) < 4.78 is 7.21. The number of aliphatic carboxylic acids is 1. The number of carboxylic acids is 1. The molecular formula is C11H14N4O3S. The van der Waals surface area contributed by atoms with Gasteiger partial charge in [0, 0.05) is 12.7 Å². The minimum Gasteiger partial charge on any atom is -0.481 e. The molecule has 0 bridgehead atoms. The Kier molecular flexibility index (Phi) is 4.20. The average Bonchev–Trinajstić information content (AvgIpc) is 2.93. The molecule has 0 amide bonds. The molecule has 7 nitrogen and oxygen atoms in total. The monoisotopic (exact) mass is 282 g/mol. The number of hydrogen-bond acceptors (Lipinski definition) is 6. The number of carbonyl (C=O) groups is 1. The van der Waals surface area contributed by atoms with Gasteiger partial charge in [-0.1, -0.05) is 25.6 Å². The summed E-state index contributed by atoms with van der Waals surface area (Å²) in [4.78, 5) is 10.5. The van der Waals surface area contributed by atoms with Crippen molar-refractivity contribution in [2.45, 2.75) is 25.6 Å². The van der Waals surface area contributed by atoms with E-state index in [4.69, 9.17) is 9.52 Å². The maximum Gasteiger partial charge on any atom is 0.314 e. The van der Waals surface area contributed by atoms with Crippen LogP contribution in [0.4, 0.5) is 0 Å². The van der Waals surface area contributed by atoms with Gasteiger partial charge in [-0.2, -0.15) is 5.10 Å². The molecule has 0 fully saturated rings. The van der Waals surface area contributed by atoms with Gasteiger partial charge >= 0.3 is 5.97 Å². The van der Waals surface area contributed by atoms with Crippen molar-refractivity contribution in [1.29, 1.82) is 0 Å². The fraction of sp³-hybridized carbons (Fsp3) is 0.455. The molecule has 19 heavy (non-hydrogen) atoms. The molecule has 1 N–H and O–H groups in total. The Labute approximate surface area is 114 Å². The molecule has 0 aliphatic heterocycles. The Morgan fingerprint density at radius 2 is 2.32 bits per heavy atom. The first kappa shape index (κ1) is 13.6. The summed E-state index contributed by atoms with van der Waals surface area (Å²) in [6.07, 6.45) is 1.67. The van der Waals surface area contributed by atoms with E-state index >= 15 is 0 Å². The highest BCUT2D eigenvalue weighted by molar-refractivity contribution is 7.99. The van der Waals surface area contributed by atoms with Gasteiger partial charge in [0.05, 0.1) is 0 Å². The summed E-state index contributed by atoms with van der Waals surface area (Å²) in [5, 5.41) is 20.8. The minimum absolute atomic E-state index is 0.104. The molecular weight excluding hydrogens is 268 g/mol. The van der Waals surface area contributed by atoms with Crippen LogP contribution in [-0.2, 0) is 11.3 Å². The maximum atomic E-state index is 10.5. The van der Waals surface area contributed by atoms with Gasteiger partial charge in [-0.05, 0) is 12.0 Å². The number of carboxylic acid groups (broad SMARTS) is 1. The first-order valence-corrected chi connectivity index (χ1v) is 6.75. The van der Waals surface area contributed by atoms with E-state index in [9.17, 15) is 4.79 Å². The van der Waals surface area contributed by atoms with Crippen molar-refractivity contribution in [1.82, 2.24) is 20.0 Å². The van der Waals surface area contributed by atoms with Gasteiger partial charge in [0.15, 0.2) is 0 Å². The first-order chi connectivity index (χ1) is 9.06. The second kappa shape index (κ2) is 5.87. The van der Waals surface area contributed by atoms with Gasteiger partial charge in [-0.25, -0.2) is 0 Å². The van der Waals surface area contributed by atoms with Crippen LogP contribution in [0.3, 0.4) is 0 Å². The van der Waals surface area contributed by atoms with Gasteiger partial charge in [0.1, 0.15) is 11.4 Å². The molecule has 0 unspecified atom stereocenters.